The zero-order chi connectivity index (χ0) is 8.67. The van der Waals surface area contributed by atoms with E-state index in [1.165, 1.54) is 32.1 Å². The maximum absolute atomic E-state index is 2.55. The summed E-state index contributed by atoms with van der Waals surface area (Å²) in [7, 11) is 0. The fraction of sp³-hybridized carbons (Fsp3) is 0.923. The molecular formula is C13H21-. The first-order valence-electron chi connectivity index (χ1n) is 6.27. The average molecular weight is 177 g/mol. The van der Waals surface area contributed by atoms with Gasteiger partial charge in [0.05, 0.1) is 0 Å². The van der Waals surface area contributed by atoms with Gasteiger partial charge in [0.2, 0.25) is 0 Å². The van der Waals surface area contributed by atoms with Gasteiger partial charge in [-0.15, -0.1) is 0 Å². The Morgan fingerprint density at radius 3 is 2.69 bits per heavy atom. The van der Waals surface area contributed by atoms with Gasteiger partial charge in [-0.3, -0.25) is 0 Å². The molecule has 0 spiro atoms. The van der Waals surface area contributed by atoms with Gasteiger partial charge >= 0.3 is 0 Å². The molecule has 0 unspecified atom stereocenters. The van der Waals surface area contributed by atoms with E-state index in [1.54, 1.807) is 19.3 Å². The van der Waals surface area contributed by atoms with Crippen LogP contribution in [0.25, 0.3) is 0 Å². The van der Waals surface area contributed by atoms with Gasteiger partial charge in [-0.05, 0) is 30.6 Å². The van der Waals surface area contributed by atoms with Gasteiger partial charge in [0.25, 0.3) is 0 Å². The molecule has 3 saturated carbocycles. The summed E-state index contributed by atoms with van der Waals surface area (Å²) >= 11 is 0. The zero-order valence-corrected chi connectivity index (χ0v) is 8.54. The maximum Gasteiger partial charge on any atom is -0.0357 e. The Bertz CT molecular complexity index is 164. The number of fused-ring (bicyclic) bond motifs is 3. The Hall–Kier alpha value is 0. The van der Waals surface area contributed by atoms with Crippen molar-refractivity contribution in [2.24, 2.45) is 23.7 Å². The van der Waals surface area contributed by atoms with Crippen molar-refractivity contribution >= 4 is 0 Å². The normalized spacial score (nSPS) is 49.8. The summed E-state index contributed by atoms with van der Waals surface area (Å²) in [5, 5.41) is 0. The van der Waals surface area contributed by atoms with Crippen LogP contribution in [0.1, 0.15) is 51.4 Å². The van der Waals surface area contributed by atoms with Crippen molar-refractivity contribution in [2.45, 2.75) is 51.4 Å². The lowest BCUT2D eigenvalue weighted by molar-refractivity contribution is 0.197. The Morgan fingerprint density at radius 1 is 0.846 bits per heavy atom. The Morgan fingerprint density at radius 2 is 1.69 bits per heavy atom. The van der Waals surface area contributed by atoms with Gasteiger partial charge in [-0.2, -0.15) is 12.8 Å². The summed E-state index contributed by atoms with van der Waals surface area (Å²) < 4.78 is 0. The Labute approximate surface area is 82.1 Å². The predicted octanol–water partition coefficient (Wildman–Crippen LogP) is 3.82. The second-order valence-electron chi connectivity index (χ2n) is 5.47. The van der Waals surface area contributed by atoms with E-state index in [-0.39, 0.29) is 0 Å². The second kappa shape index (κ2) is 3.29. The fourth-order valence-corrected chi connectivity index (χ4v) is 4.37. The van der Waals surface area contributed by atoms with Crippen LogP contribution in [0.2, 0.25) is 0 Å². The van der Waals surface area contributed by atoms with Crippen LogP contribution in [0.15, 0.2) is 0 Å². The highest BCUT2D eigenvalue weighted by atomic mass is 14.5. The third-order valence-corrected chi connectivity index (χ3v) is 4.90. The lowest BCUT2D eigenvalue weighted by Crippen LogP contribution is -2.22. The first-order chi connectivity index (χ1) is 6.45. The molecule has 3 fully saturated rings. The molecule has 0 aliphatic heterocycles. The smallest absolute Gasteiger partial charge is 0.0357 e. The van der Waals surface area contributed by atoms with Crippen LogP contribution in [-0.2, 0) is 0 Å². The van der Waals surface area contributed by atoms with Gasteiger partial charge in [0, 0.05) is 0 Å². The largest absolute Gasteiger partial charge is 0.328 e. The Balaban J connectivity index is 1.76. The second-order valence-corrected chi connectivity index (χ2v) is 5.47. The number of hydrogen-bond donors (Lipinski definition) is 0. The molecule has 0 heterocycles. The van der Waals surface area contributed by atoms with Gasteiger partial charge in [-0.25, -0.2) is 0 Å². The molecule has 3 aliphatic rings. The van der Waals surface area contributed by atoms with Crippen molar-refractivity contribution in [3.05, 3.63) is 6.42 Å². The summed E-state index contributed by atoms with van der Waals surface area (Å²) in [5.41, 5.74) is 0. The van der Waals surface area contributed by atoms with Crippen LogP contribution in [-0.4, -0.2) is 0 Å². The van der Waals surface area contributed by atoms with Crippen LogP contribution in [0.3, 0.4) is 0 Å². The van der Waals surface area contributed by atoms with E-state index >= 15 is 0 Å². The summed E-state index contributed by atoms with van der Waals surface area (Å²) in [6.07, 6.45) is 14.8. The van der Waals surface area contributed by atoms with Crippen molar-refractivity contribution in [3.8, 4) is 0 Å². The number of hydrogen-bond acceptors (Lipinski definition) is 0. The summed E-state index contributed by atoms with van der Waals surface area (Å²) in [4.78, 5) is 0. The quantitative estimate of drug-likeness (QED) is 0.493. The van der Waals surface area contributed by atoms with Gasteiger partial charge in [0.1, 0.15) is 0 Å². The van der Waals surface area contributed by atoms with E-state index in [9.17, 15) is 0 Å². The van der Waals surface area contributed by atoms with Crippen molar-refractivity contribution in [2.75, 3.05) is 0 Å². The molecule has 0 amide bonds. The highest BCUT2D eigenvalue weighted by Gasteiger charge is 2.42. The third kappa shape index (κ3) is 1.33. The topological polar surface area (TPSA) is 0 Å². The molecule has 4 atom stereocenters. The van der Waals surface area contributed by atoms with E-state index in [4.69, 9.17) is 0 Å². The highest BCUT2D eigenvalue weighted by Crippen LogP contribution is 2.53. The lowest BCUT2D eigenvalue weighted by Gasteiger charge is -2.36. The molecule has 74 valence electrons. The minimum atomic E-state index is 1.11. The lowest BCUT2D eigenvalue weighted by atomic mass is 9.73. The molecule has 0 aromatic heterocycles. The molecular weight excluding hydrogens is 156 g/mol. The average Bonchev–Trinajstić information content (AvgIpc) is 2.56. The summed E-state index contributed by atoms with van der Waals surface area (Å²) in [6, 6.07) is 0. The van der Waals surface area contributed by atoms with Crippen molar-refractivity contribution in [1.82, 2.24) is 0 Å². The van der Waals surface area contributed by atoms with E-state index < -0.39 is 0 Å². The summed E-state index contributed by atoms with van der Waals surface area (Å²) in [5.74, 6) is 4.57. The fourth-order valence-electron chi connectivity index (χ4n) is 4.37. The molecule has 0 saturated heterocycles. The van der Waals surface area contributed by atoms with Crippen molar-refractivity contribution in [1.29, 1.82) is 0 Å². The first-order valence-corrected chi connectivity index (χ1v) is 6.27. The molecule has 3 rings (SSSR count). The standard InChI is InChI=1S/C13H21/c1-3-7-12-10(5-1)9-11-6-2-4-8-13(11)12/h1,10-13H,2-9H2/q-1/t10-,11+,12-,13+/m0/s1. The van der Waals surface area contributed by atoms with E-state index in [0.717, 1.165) is 23.7 Å². The molecule has 0 aromatic carbocycles. The third-order valence-electron chi connectivity index (χ3n) is 4.90. The van der Waals surface area contributed by atoms with Crippen LogP contribution in [0.5, 0.6) is 0 Å². The molecule has 0 radical (unpaired) electrons. The van der Waals surface area contributed by atoms with Gasteiger partial charge in [0.15, 0.2) is 0 Å². The zero-order valence-electron chi connectivity index (χ0n) is 8.54. The molecule has 0 N–H and O–H groups in total. The molecule has 3 aliphatic carbocycles. The van der Waals surface area contributed by atoms with E-state index in [1.807, 2.05) is 0 Å². The monoisotopic (exact) mass is 177 g/mol. The Kier molecular flexibility index (Phi) is 2.11. The predicted molar refractivity (Wildman–Crippen MR) is 55.2 cm³/mol. The van der Waals surface area contributed by atoms with Gasteiger partial charge in [-0.1, -0.05) is 31.6 Å². The number of rotatable bonds is 0. The SMILES string of the molecule is [CH-]1CC[C@H]2[C@@H](C1)C[C@H]1CCCC[C@H]12. The van der Waals surface area contributed by atoms with E-state index in [0.29, 0.717) is 0 Å². The van der Waals surface area contributed by atoms with Crippen molar-refractivity contribution < 1.29 is 0 Å². The van der Waals surface area contributed by atoms with Crippen LogP contribution in [0, 0.1) is 30.1 Å². The molecule has 0 bridgehead atoms. The molecule has 13 heavy (non-hydrogen) atoms. The van der Waals surface area contributed by atoms with E-state index in [2.05, 4.69) is 6.42 Å². The molecule has 0 heteroatoms. The van der Waals surface area contributed by atoms with Crippen LogP contribution in [0.4, 0.5) is 0 Å². The highest BCUT2D eigenvalue weighted by molar-refractivity contribution is 4.97. The van der Waals surface area contributed by atoms with Gasteiger partial charge < -0.3 is 6.42 Å². The first kappa shape index (κ1) is 8.32. The van der Waals surface area contributed by atoms with Crippen LogP contribution >= 0.6 is 0 Å². The van der Waals surface area contributed by atoms with Crippen molar-refractivity contribution in [3.63, 3.8) is 0 Å². The minimum absolute atomic E-state index is 1.11. The van der Waals surface area contributed by atoms with Crippen LogP contribution < -0.4 is 0 Å². The molecule has 0 nitrogen and oxygen atoms in total. The maximum atomic E-state index is 2.55. The summed E-state index contributed by atoms with van der Waals surface area (Å²) in [6.45, 7) is 0. The minimum Gasteiger partial charge on any atom is -0.328 e. The molecule has 0 aromatic rings.